The summed E-state index contributed by atoms with van der Waals surface area (Å²) < 4.78 is 0. The Morgan fingerprint density at radius 1 is 1.23 bits per heavy atom. The van der Waals surface area contributed by atoms with E-state index in [9.17, 15) is 9.90 Å². The highest BCUT2D eigenvalue weighted by Crippen LogP contribution is 2.52. The van der Waals surface area contributed by atoms with Crippen molar-refractivity contribution in [3.8, 4) is 0 Å². The average Bonchev–Trinajstić information content (AvgIpc) is 2.92. The number of nitrogens with zero attached hydrogens (tertiary/aromatic N) is 3. The Kier molecular flexibility index (Phi) is 5.78. The van der Waals surface area contributed by atoms with Gasteiger partial charge in [-0.1, -0.05) is 54.7 Å². The maximum absolute atomic E-state index is 13.8. The normalized spacial score (nSPS) is 24.8. The zero-order chi connectivity index (χ0) is 22.5. The summed E-state index contributed by atoms with van der Waals surface area (Å²) in [5.74, 6) is -0.417. The molecule has 0 bridgehead atoms. The average molecular weight is 458 g/mol. The zero-order valence-corrected chi connectivity index (χ0v) is 19.3. The van der Waals surface area contributed by atoms with Crippen molar-refractivity contribution in [2.75, 3.05) is 18.0 Å². The van der Waals surface area contributed by atoms with Crippen molar-refractivity contribution in [2.24, 2.45) is 0 Å². The first kappa shape index (κ1) is 22.1. The third kappa shape index (κ3) is 3.34. The standard InChI is InChI=1S/C24H25Cl2N3O2/c1-5-28(6-2)17-12-18(13-17)29-21-11-16(27-4)9-14(3)22(21)24(31,23(29)30)19-8-7-15(25)10-20(19)26/h7-11,17-18,31H,5-6,12-13H2,1-3H3. The number of carbonyl (C=O) groups excluding carboxylic acids is 1. The molecule has 1 amide bonds. The number of aryl methyl sites for hydroxylation is 1. The van der Waals surface area contributed by atoms with Gasteiger partial charge in [-0.15, -0.1) is 0 Å². The van der Waals surface area contributed by atoms with Crippen LogP contribution in [0.1, 0.15) is 43.4 Å². The number of anilines is 1. The van der Waals surface area contributed by atoms with Crippen molar-refractivity contribution in [1.82, 2.24) is 4.90 Å². The van der Waals surface area contributed by atoms with Gasteiger partial charge in [-0.2, -0.15) is 0 Å². The van der Waals surface area contributed by atoms with Crippen molar-refractivity contribution in [1.29, 1.82) is 0 Å². The fraction of sp³-hybridized carbons (Fsp3) is 0.417. The van der Waals surface area contributed by atoms with Crippen molar-refractivity contribution >= 4 is 40.5 Å². The van der Waals surface area contributed by atoms with E-state index in [1.807, 2.05) is 6.92 Å². The summed E-state index contributed by atoms with van der Waals surface area (Å²) in [5.41, 5.74) is 0.633. The van der Waals surface area contributed by atoms with Gasteiger partial charge in [0.25, 0.3) is 5.91 Å². The maximum Gasteiger partial charge on any atom is 0.268 e. The molecule has 5 nitrogen and oxygen atoms in total. The first-order chi connectivity index (χ1) is 14.8. The van der Waals surface area contributed by atoms with Gasteiger partial charge in [0.15, 0.2) is 11.3 Å². The van der Waals surface area contributed by atoms with Crippen LogP contribution in [0.4, 0.5) is 11.4 Å². The van der Waals surface area contributed by atoms with Crippen LogP contribution in [0.2, 0.25) is 10.0 Å². The van der Waals surface area contributed by atoms with E-state index < -0.39 is 11.5 Å². The molecule has 1 aliphatic heterocycles. The summed E-state index contributed by atoms with van der Waals surface area (Å²) in [6.45, 7) is 15.5. The summed E-state index contributed by atoms with van der Waals surface area (Å²) >= 11 is 12.5. The SMILES string of the molecule is [C-]#[N+]c1cc(C)c2c(c1)N(C1CC(N(CC)CC)C1)C(=O)C2(O)c1ccc(Cl)cc1Cl. The van der Waals surface area contributed by atoms with E-state index >= 15 is 0 Å². The summed E-state index contributed by atoms with van der Waals surface area (Å²) in [5, 5.41) is 12.6. The van der Waals surface area contributed by atoms with Crippen LogP contribution < -0.4 is 4.90 Å². The molecule has 162 valence electrons. The lowest BCUT2D eigenvalue weighted by Crippen LogP contribution is -2.56. The van der Waals surface area contributed by atoms with Gasteiger partial charge in [-0.25, -0.2) is 4.85 Å². The van der Waals surface area contributed by atoms with Gasteiger partial charge in [0, 0.05) is 38.9 Å². The van der Waals surface area contributed by atoms with Crippen LogP contribution in [0.25, 0.3) is 4.85 Å². The highest BCUT2D eigenvalue weighted by atomic mass is 35.5. The fourth-order valence-electron chi connectivity index (χ4n) is 5.07. The number of hydrogen-bond acceptors (Lipinski definition) is 3. The second kappa shape index (κ2) is 8.11. The minimum Gasteiger partial charge on any atom is -0.372 e. The summed E-state index contributed by atoms with van der Waals surface area (Å²) in [6.07, 6.45) is 1.66. The zero-order valence-electron chi connectivity index (χ0n) is 17.8. The highest BCUT2D eigenvalue weighted by Gasteiger charge is 2.56. The molecular formula is C24H25Cl2N3O2. The third-order valence-electron chi connectivity index (χ3n) is 6.68. The fourth-order valence-corrected chi connectivity index (χ4v) is 5.61. The van der Waals surface area contributed by atoms with Crippen molar-refractivity contribution < 1.29 is 9.90 Å². The van der Waals surface area contributed by atoms with Crippen LogP contribution >= 0.6 is 23.2 Å². The Bertz CT molecular complexity index is 1090. The van der Waals surface area contributed by atoms with Gasteiger partial charge in [-0.05, 0) is 51.1 Å². The van der Waals surface area contributed by atoms with Crippen molar-refractivity contribution in [3.63, 3.8) is 0 Å². The predicted octanol–water partition coefficient (Wildman–Crippen LogP) is 5.31. The smallest absolute Gasteiger partial charge is 0.268 e. The van der Waals surface area contributed by atoms with E-state index in [0.29, 0.717) is 39.1 Å². The highest BCUT2D eigenvalue weighted by molar-refractivity contribution is 6.35. The second-order valence-electron chi connectivity index (χ2n) is 8.28. The molecule has 4 rings (SSSR count). The number of hydrogen-bond donors (Lipinski definition) is 1. The van der Waals surface area contributed by atoms with Crippen LogP contribution in [0.3, 0.4) is 0 Å². The summed E-state index contributed by atoms with van der Waals surface area (Å²) in [7, 11) is 0. The quantitative estimate of drug-likeness (QED) is 0.618. The van der Waals surface area contributed by atoms with Crippen LogP contribution in [0, 0.1) is 13.5 Å². The molecule has 0 spiro atoms. The molecule has 31 heavy (non-hydrogen) atoms. The Balaban J connectivity index is 1.83. The van der Waals surface area contributed by atoms with Crippen LogP contribution in [0.15, 0.2) is 30.3 Å². The predicted molar refractivity (Wildman–Crippen MR) is 124 cm³/mol. The molecule has 2 aromatic rings. The molecule has 0 saturated heterocycles. The van der Waals surface area contributed by atoms with Gasteiger partial charge in [0.2, 0.25) is 0 Å². The van der Waals surface area contributed by atoms with Crippen LogP contribution in [-0.4, -0.2) is 41.1 Å². The molecule has 1 unspecified atom stereocenters. The molecule has 1 N–H and O–H groups in total. The molecule has 1 saturated carbocycles. The van der Waals surface area contributed by atoms with E-state index in [1.165, 1.54) is 6.07 Å². The number of aliphatic hydroxyl groups is 1. The number of fused-ring (bicyclic) bond motifs is 1. The molecule has 1 aliphatic carbocycles. The minimum atomic E-state index is -1.91. The molecular weight excluding hydrogens is 433 g/mol. The Labute approximate surface area is 193 Å². The van der Waals surface area contributed by atoms with Gasteiger partial charge < -0.3 is 14.9 Å². The number of halogens is 2. The number of amides is 1. The molecule has 0 radical (unpaired) electrons. The molecule has 2 aliphatic rings. The molecule has 1 atom stereocenters. The monoisotopic (exact) mass is 457 g/mol. The van der Waals surface area contributed by atoms with Crippen LogP contribution in [0.5, 0.6) is 0 Å². The Hall–Kier alpha value is -2.10. The Morgan fingerprint density at radius 2 is 1.90 bits per heavy atom. The first-order valence-electron chi connectivity index (χ1n) is 10.5. The second-order valence-corrected chi connectivity index (χ2v) is 9.12. The number of carbonyl (C=O) groups is 1. The largest absolute Gasteiger partial charge is 0.372 e. The van der Waals surface area contributed by atoms with Crippen molar-refractivity contribution in [2.45, 2.75) is 51.3 Å². The lowest BCUT2D eigenvalue weighted by Gasteiger charge is -2.46. The van der Waals surface area contributed by atoms with E-state index in [2.05, 4.69) is 23.6 Å². The van der Waals surface area contributed by atoms with E-state index in [-0.39, 0.29) is 11.1 Å². The molecule has 1 heterocycles. The molecule has 7 heteroatoms. The van der Waals surface area contributed by atoms with E-state index in [1.54, 1.807) is 29.2 Å². The van der Waals surface area contributed by atoms with E-state index in [0.717, 1.165) is 25.9 Å². The molecule has 1 fully saturated rings. The summed E-state index contributed by atoms with van der Waals surface area (Å²) in [6, 6.07) is 8.56. The van der Waals surface area contributed by atoms with E-state index in [4.69, 9.17) is 29.8 Å². The maximum atomic E-state index is 13.8. The number of benzene rings is 2. The molecule has 2 aromatic carbocycles. The minimum absolute atomic E-state index is 0.0302. The number of rotatable bonds is 5. The van der Waals surface area contributed by atoms with Crippen molar-refractivity contribution in [3.05, 3.63) is 68.5 Å². The van der Waals surface area contributed by atoms with Gasteiger partial charge in [0.1, 0.15) is 0 Å². The van der Waals surface area contributed by atoms with Gasteiger partial charge in [0.05, 0.1) is 6.57 Å². The third-order valence-corrected chi connectivity index (χ3v) is 7.23. The lowest BCUT2D eigenvalue weighted by molar-refractivity contribution is -0.133. The summed E-state index contributed by atoms with van der Waals surface area (Å²) in [4.78, 5) is 21.5. The lowest BCUT2D eigenvalue weighted by atomic mass is 9.83. The Morgan fingerprint density at radius 3 is 2.48 bits per heavy atom. The molecule has 0 aromatic heterocycles. The van der Waals surface area contributed by atoms with Gasteiger partial charge >= 0.3 is 0 Å². The topological polar surface area (TPSA) is 48.1 Å². The van der Waals surface area contributed by atoms with Crippen LogP contribution in [-0.2, 0) is 10.4 Å². The first-order valence-corrected chi connectivity index (χ1v) is 11.3. The van der Waals surface area contributed by atoms with Gasteiger partial charge in [-0.3, -0.25) is 4.79 Å².